The molecule has 0 aromatic heterocycles. The Morgan fingerprint density at radius 1 is 1.29 bits per heavy atom. The second kappa shape index (κ2) is 5.61. The lowest BCUT2D eigenvalue weighted by Gasteiger charge is -2.29. The number of hydrogen-bond donors (Lipinski definition) is 0. The number of rotatable bonds is 3. The molecule has 17 heavy (non-hydrogen) atoms. The summed E-state index contributed by atoms with van der Waals surface area (Å²) in [5.74, 6) is -0.458. The molecule has 0 atom stereocenters. The summed E-state index contributed by atoms with van der Waals surface area (Å²) < 4.78 is 16.0. The summed E-state index contributed by atoms with van der Waals surface area (Å²) in [6, 6.07) is 9.64. The van der Waals surface area contributed by atoms with Crippen LogP contribution in [0.2, 0.25) is 0 Å². The molecule has 0 N–H and O–H groups in total. The van der Waals surface area contributed by atoms with Gasteiger partial charge in [0.25, 0.3) is 0 Å². The molecule has 1 aliphatic heterocycles. The van der Waals surface area contributed by atoms with Gasteiger partial charge < -0.3 is 14.2 Å². The van der Waals surface area contributed by atoms with Crippen LogP contribution in [0.3, 0.4) is 0 Å². The van der Waals surface area contributed by atoms with Gasteiger partial charge in [0.05, 0.1) is 13.2 Å². The molecule has 0 saturated carbocycles. The summed E-state index contributed by atoms with van der Waals surface area (Å²) in [7, 11) is 0. The molecule has 0 radical (unpaired) electrons. The fraction of sp³-hybridized carbons (Fsp3) is 0.308. The zero-order valence-electron chi connectivity index (χ0n) is 9.37. The lowest BCUT2D eigenvalue weighted by molar-refractivity contribution is -0.228. The Balaban J connectivity index is 1.86. The molecule has 4 nitrogen and oxygen atoms in total. The zero-order chi connectivity index (χ0) is 12.1. The van der Waals surface area contributed by atoms with Gasteiger partial charge in [0, 0.05) is 11.6 Å². The normalized spacial score (nSPS) is 24.0. The van der Waals surface area contributed by atoms with E-state index in [0.717, 1.165) is 11.6 Å². The molecule has 0 spiro atoms. The summed E-state index contributed by atoms with van der Waals surface area (Å²) >= 11 is 0. The van der Waals surface area contributed by atoms with Crippen LogP contribution in [0.5, 0.6) is 0 Å². The van der Waals surface area contributed by atoms with E-state index < -0.39 is 5.97 Å². The van der Waals surface area contributed by atoms with Crippen molar-refractivity contribution >= 4 is 5.97 Å². The minimum absolute atomic E-state index is 0.332. The van der Waals surface area contributed by atoms with Crippen LogP contribution in [0.4, 0.5) is 0 Å². The number of carbonyl (C=O) groups is 1. The van der Waals surface area contributed by atoms with Crippen molar-refractivity contribution in [2.75, 3.05) is 13.2 Å². The fourth-order valence-corrected chi connectivity index (χ4v) is 1.57. The maximum Gasteiger partial charge on any atom is 0.330 e. The number of benzene rings is 1. The Labute approximate surface area is 99.8 Å². The third-order valence-electron chi connectivity index (χ3n) is 2.39. The van der Waals surface area contributed by atoms with Gasteiger partial charge in [0.2, 0.25) is 0 Å². The summed E-state index contributed by atoms with van der Waals surface area (Å²) in [5, 5.41) is 0. The molecule has 90 valence electrons. The van der Waals surface area contributed by atoms with Crippen LogP contribution in [0.25, 0.3) is 0 Å². The number of carbonyl (C=O) groups excluding carboxylic acids is 1. The van der Waals surface area contributed by atoms with E-state index in [1.807, 2.05) is 30.3 Å². The van der Waals surface area contributed by atoms with Gasteiger partial charge in [-0.25, -0.2) is 4.79 Å². The first-order chi connectivity index (χ1) is 8.29. The van der Waals surface area contributed by atoms with Crippen LogP contribution in [0, 0.1) is 0 Å². The van der Waals surface area contributed by atoms with E-state index in [1.165, 1.54) is 0 Å². The maximum absolute atomic E-state index is 11.0. The van der Waals surface area contributed by atoms with Crippen LogP contribution in [0.1, 0.15) is 11.9 Å². The summed E-state index contributed by atoms with van der Waals surface area (Å²) in [5.41, 5.74) is 0.959. The van der Waals surface area contributed by atoms with E-state index in [9.17, 15) is 4.79 Å². The highest BCUT2D eigenvalue weighted by Gasteiger charge is 2.25. The molecule has 4 heteroatoms. The van der Waals surface area contributed by atoms with E-state index in [-0.39, 0.29) is 12.4 Å². The molecule has 1 aromatic rings. The van der Waals surface area contributed by atoms with Crippen molar-refractivity contribution in [3.05, 3.63) is 48.6 Å². The van der Waals surface area contributed by atoms with Gasteiger partial charge in [-0.2, -0.15) is 0 Å². The summed E-state index contributed by atoms with van der Waals surface area (Å²) in [4.78, 5) is 11.0. The van der Waals surface area contributed by atoms with Crippen molar-refractivity contribution in [1.29, 1.82) is 0 Å². The lowest BCUT2D eigenvalue weighted by Crippen LogP contribution is -2.34. The van der Waals surface area contributed by atoms with Crippen LogP contribution < -0.4 is 0 Å². The van der Waals surface area contributed by atoms with Crippen molar-refractivity contribution in [1.82, 2.24) is 0 Å². The Kier molecular flexibility index (Phi) is 3.90. The van der Waals surface area contributed by atoms with Crippen LogP contribution >= 0.6 is 0 Å². The minimum atomic E-state index is -0.458. The first-order valence-electron chi connectivity index (χ1n) is 5.41. The van der Waals surface area contributed by atoms with Crippen LogP contribution in [0.15, 0.2) is 43.0 Å². The molecule has 2 rings (SSSR count). The highest BCUT2D eigenvalue weighted by Crippen LogP contribution is 2.23. The van der Waals surface area contributed by atoms with E-state index in [2.05, 4.69) is 6.58 Å². The summed E-state index contributed by atoms with van der Waals surface area (Å²) in [6.07, 6.45) is 0.388. The molecule has 0 amide bonds. The Bertz CT molecular complexity index is 380. The zero-order valence-corrected chi connectivity index (χ0v) is 9.37. The molecule has 0 bridgehead atoms. The average molecular weight is 234 g/mol. The van der Waals surface area contributed by atoms with Gasteiger partial charge >= 0.3 is 5.97 Å². The van der Waals surface area contributed by atoms with Crippen molar-refractivity contribution < 1.29 is 19.0 Å². The quantitative estimate of drug-likeness (QED) is 0.591. The monoisotopic (exact) mass is 234 g/mol. The average Bonchev–Trinajstić information content (AvgIpc) is 2.40. The summed E-state index contributed by atoms with van der Waals surface area (Å²) in [6.45, 7) is 4.00. The Morgan fingerprint density at radius 3 is 2.53 bits per heavy atom. The second-order valence-electron chi connectivity index (χ2n) is 3.67. The standard InChI is InChI=1S/C13H14O4/c1-2-12(14)17-11-8-15-13(16-9-11)10-6-4-3-5-7-10/h2-7,11,13H,1,8-9H2. The topological polar surface area (TPSA) is 44.8 Å². The molecule has 0 unspecified atom stereocenters. The van der Waals surface area contributed by atoms with Gasteiger partial charge in [0.1, 0.15) is 6.10 Å². The molecular formula is C13H14O4. The predicted octanol–water partition coefficient (Wildman–Crippen LogP) is 1.83. The first-order valence-corrected chi connectivity index (χ1v) is 5.41. The second-order valence-corrected chi connectivity index (χ2v) is 3.67. The molecule has 1 heterocycles. The molecule has 1 aliphatic rings. The minimum Gasteiger partial charge on any atom is -0.454 e. The van der Waals surface area contributed by atoms with Crippen LogP contribution in [-0.4, -0.2) is 25.3 Å². The predicted molar refractivity (Wildman–Crippen MR) is 61.2 cm³/mol. The highest BCUT2D eigenvalue weighted by molar-refractivity contribution is 5.81. The van der Waals surface area contributed by atoms with Crippen molar-refractivity contribution in [3.63, 3.8) is 0 Å². The van der Waals surface area contributed by atoms with Gasteiger partial charge in [-0.05, 0) is 0 Å². The fourth-order valence-electron chi connectivity index (χ4n) is 1.57. The molecular weight excluding hydrogens is 220 g/mol. The molecule has 1 fully saturated rings. The van der Waals surface area contributed by atoms with Gasteiger partial charge in [-0.15, -0.1) is 0 Å². The Morgan fingerprint density at radius 2 is 1.94 bits per heavy atom. The van der Waals surface area contributed by atoms with Crippen molar-refractivity contribution in [2.24, 2.45) is 0 Å². The molecule has 0 aliphatic carbocycles. The van der Waals surface area contributed by atoms with Crippen molar-refractivity contribution in [3.8, 4) is 0 Å². The number of hydrogen-bond acceptors (Lipinski definition) is 4. The lowest BCUT2D eigenvalue weighted by atomic mass is 10.2. The molecule has 1 saturated heterocycles. The number of esters is 1. The SMILES string of the molecule is C=CC(=O)OC1COC(c2ccccc2)OC1. The molecule has 1 aromatic carbocycles. The largest absolute Gasteiger partial charge is 0.454 e. The van der Waals surface area contributed by atoms with Gasteiger partial charge in [0.15, 0.2) is 6.29 Å². The Hall–Kier alpha value is -1.65. The third-order valence-corrected chi connectivity index (χ3v) is 2.39. The van der Waals surface area contributed by atoms with Crippen LogP contribution in [-0.2, 0) is 19.0 Å². The van der Waals surface area contributed by atoms with E-state index in [0.29, 0.717) is 13.2 Å². The number of ether oxygens (including phenoxy) is 3. The van der Waals surface area contributed by atoms with Crippen molar-refractivity contribution in [2.45, 2.75) is 12.4 Å². The van der Waals surface area contributed by atoms with E-state index in [4.69, 9.17) is 14.2 Å². The highest BCUT2D eigenvalue weighted by atomic mass is 16.7. The smallest absolute Gasteiger partial charge is 0.330 e. The maximum atomic E-state index is 11.0. The van der Waals surface area contributed by atoms with Gasteiger partial charge in [-0.1, -0.05) is 36.9 Å². The third kappa shape index (κ3) is 3.15. The van der Waals surface area contributed by atoms with E-state index in [1.54, 1.807) is 0 Å². The van der Waals surface area contributed by atoms with E-state index >= 15 is 0 Å². The first kappa shape index (κ1) is 11.8. The van der Waals surface area contributed by atoms with Gasteiger partial charge in [-0.3, -0.25) is 0 Å².